The van der Waals surface area contributed by atoms with Gasteiger partial charge >= 0.3 is 0 Å². The fourth-order valence-corrected chi connectivity index (χ4v) is 3.18. The first-order valence-electron chi connectivity index (χ1n) is 8.05. The summed E-state index contributed by atoms with van der Waals surface area (Å²) < 4.78 is 0. The van der Waals surface area contributed by atoms with Crippen molar-refractivity contribution in [2.45, 2.75) is 39.5 Å². The van der Waals surface area contributed by atoms with E-state index in [0.29, 0.717) is 42.0 Å². The maximum absolute atomic E-state index is 12.5. The third kappa shape index (κ3) is 3.15. The molecule has 0 saturated heterocycles. The number of nitrogens with zero attached hydrogens (tertiary/aromatic N) is 1. The van der Waals surface area contributed by atoms with E-state index in [2.05, 4.69) is 20.3 Å². The highest BCUT2D eigenvalue weighted by molar-refractivity contribution is 6.10. The van der Waals surface area contributed by atoms with Crippen LogP contribution in [-0.4, -0.2) is 33.2 Å². The van der Waals surface area contributed by atoms with E-state index in [-0.39, 0.29) is 17.2 Å². The quantitative estimate of drug-likeness (QED) is 0.784. The van der Waals surface area contributed by atoms with Crippen molar-refractivity contribution in [2.75, 3.05) is 6.54 Å². The van der Waals surface area contributed by atoms with E-state index in [1.54, 1.807) is 6.92 Å². The van der Waals surface area contributed by atoms with E-state index in [4.69, 9.17) is 0 Å². The molecule has 0 spiro atoms. The predicted molar refractivity (Wildman–Crippen MR) is 88.4 cm³/mol. The average Bonchev–Trinajstić information content (AvgIpc) is 2.83. The van der Waals surface area contributed by atoms with E-state index in [1.807, 2.05) is 6.92 Å². The van der Waals surface area contributed by atoms with E-state index >= 15 is 0 Å². The van der Waals surface area contributed by atoms with Gasteiger partial charge in [-0.1, -0.05) is 0 Å². The van der Waals surface area contributed by atoms with Crippen LogP contribution in [0.5, 0.6) is 0 Å². The van der Waals surface area contributed by atoms with E-state index in [9.17, 15) is 14.4 Å². The van der Waals surface area contributed by atoms with Gasteiger partial charge in [0.25, 0.3) is 11.5 Å². The molecule has 24 heavy (non-hydrogen) atoms. The molecule has 3 rings (SSSR count). The molecule has 7 nitrogen and oxygen atoms in total. The zero-order valence-corrected chi connectivity index (χ0v) is 13.8. The Hall–Kier alpha value is -2.70. The SMILES string of the molecule is Cc1nc(CCNC(=O)c2c(C)[nH]c3c2C(=O)CCC3)cc(=O)[nH]1. The first kappa shape index (κ1) is 16.2. The number of H-pyrrole nitrogens is 2. The Bertz CT molecular complexity index is 863. The molecule has 3 N–H and O–H groups in total. The topological polar surface area (TPSA) is 108 Å². The van der Waals surface area contributed by atoms with Gasteiger partial charge in [-0.2, -0.15) is 0 Å². The van der Waals surface area contributed by atoms with Crippen LogP contribution in [0.25, 0.3) is 0 Å². The van der Waals surface area contributed by atoms with Gasteiger partial charge in [0.1, 0.15) is 5.82 Å². The highest BCUT2D eigenvalue weighted by Gasteiger charge is 2.28. The number of carbonyl (C=O) groups is 2. The van der Waals surface area contributed by atoms with Gasteiger partial charge in [0.05, 0.1) is 11.1 Å². The number of ketones is 1. The molecular formula is C17H20N4O3. The summed E-state index contributed by atoms with van der Waals surface area (Å²) in [5, 5.41) is 2.82. The number of fused-ring (bicyclic) bond motifs is 1. The number of nitrogens with one attached hydrogen (secondary N) is 3. The smallest absolute Gasteiger partial charge is 0.253 e. The summed E-state index contributed by atoms with van der Waals surface area (Å²) in [6.07, 6.45) is 2.56. The number of amides is 1. The minimum atomic E-state index is -0.262. The van der Waals surface area contributed by atoms with E-state index in [1.165, 1.54) is 6.07 Å². The molecule has 126 valence electrons. The highest BCUT2D eigenvalue weighted by atomic mass is 16.2. The second kappa shape index (κ2) is 6.43. The van der Waals surface area contributed by atoms with E-state index < -0.39 is 0 Å². The summed E-state index contributed by atoms with van der Waals surface area (Å²) in [7, 11) is 0. The summed E-state index contributed by atoms with van der Waals surface area (Å²) in [6, 6.07) is 1.42. The fraction of sp³-hybridized carbons (Fsp3) is 0.412. The van der Waals surface area contributed by atoms with Gasteiger partial charge in [-0.05, 0) is 26.7 Å². The molecule has 1 aliphatic carbocycles. The number of aryl methyl sites for hydroxylation is 3. The largest absolute Gasteiger partial charge is 0.361 e. The van der Waals surface area contributed by atoms with Crippen LogP contribution in [0, 0.1) is 13.8 Å². The van der Waals surface area contributed by atoms with Crippen LogP contribution in [0.4, 0.5) is 0 Å². The summed E-state index contributed by atoms with van der Waals surface area (Å²) in [4.78, 5) is 46.0. The number of Topliss-reactive ketones (excluding diaryl/α,β-unsaturated/α-hetero) is 1. The second-order valence-electron chi connectivity index (χ2n) is 6.08. The van der Waals surface area contributed by atoms with Crippen molar-refractivity contribution in [3.05, 3.63) is 50.5 Å². The fourth-order valence-electron chi connectivity index (χ4n) is 3.18. The lowest BCUT2D eigenvalue weighted by atomic mass is 9.93. The van der Waals surface area contributed by atoms with Crippen molar-refractivity contribution in [3.63, 3.8) is 0 Å². The molecule has 0 aliphatic heterocycles. The van der Waals surface area contributed by atoms with Gasteiger partial charge in [-0.25, -0.2) is 4.98 Å². The highest BCUT2D eigenvalue weighted by Crippen LogP contribution is 2.26. The number of carbonyl (C=O) groups excluding carboxylic acids is 2. The van der Waals surface area contributed by atoms with Gasteiger partial charge in [0.15, 0.2) is 5.78 Å². The molecule has 0 saturated carbocycles. The first-order valence-corrected chi connectivity index (χ1v) is 8.05. The molecule has 7 heteroatoms. The van der Waals surface area contributed by atoms with Gasteiger partial charge < -0.3 is 15.3 Å². The molecule has 1 amide bonds. The Morgan fingerprint density at radius 1 is 1.25 bits per heavy atom. The van der Waals surface area contributed by atoms with Crippen molar-refractivity contribution in [1.29, 1.82) is 0 Å². The number of rotatable bonds is 4. The van der Waals surface area contributed by atoms with Crippen molar-refractivity contribution >= 4 is 11.7 Å². The van der Waals surface area contributed by atoms with Gasteiger partial charge in [0.2, 0.25) is 0 Å². The normalized spacial score (nSPS) is 13.7. The third-order valence-electron chi connectivity index (χ3n) is 4.18. The number of hydrogen-bond acceptors (Lipinski definition) is 4. The Kier molecular flexibility index (Phi) is 4.33. The van der Waals surface area contributed by atoms with Gasteiger partial charge in [-0.15, -0.1) is 0 Å². The predicted octanol–water partition coefficient (Wildman–Crippen LogP) is 1.21. The molecule has 0 fully saturated rings. The summed E-state index contributed by atoms with van der Waals surface area (Å²) >= 11 is 0. The van der Waals surface area contributed by atoms with Crippen LogP contribution in [0.15, 0.2) is 10.9 Å². The van der Waals surface area contributed by atoms with Gasteiger partial charge in [-0.3, -0.25) is 14.4 Å². The Balaban J connectivity index is 1.71. The molecule has 0 aromatic carbocycles. The average molecular weight is 328 g/mol. The molecule has 2 heterocycles. The van der Waals surface area contributed by atoms with Crippen LogP contribution in [0.2, 0.25) is 0 Å². The monoisotopic (exact) mass is 328 g/mol. The minimum Gasteiger partial charge on any atom is -0.361 e. The summed E-state index contributed by atoms with van der Waals surface area (Å²) in [5.41, 5.74) is 3.00. The van der Waals surface area contributed by atoms with Crippen molar-refractivity contribution < 1.29 is 9.59 Å². The summed E-state index contributed by atoms with van der Waals surface area (Å²) in [6.45, 7) is 3.87. The van der Waals surface area contributed by atoms with Crippen molar-refractivity contribution in [3.8, 4) is 0 Å². The molecule has 2 aromatic rings. The first-order chi connectivity index (χ1) is 11.5. The van der Waals surface area contributed by atoms with Crippen LogP contribution < -0.4 is 10.9 Å². The third-order valence-corrected chi connectivity index (χ3v) is 4.18. The molecule has 0 radical (unpaired) electrons. The van der Waals surface area contributed by atoms with Crippen molar-refractivity contribution in [2.24, 2.45) is 0 Å². The number of aromatic amines is 2. The molecular weight excluding hydrogens is 308 g/mol. The number of aromatic nitrogens is 3. The second-order valence-corrected chi connectivity index (χ2v) is 6.08. The maximum Gasteiger partial charge on any atom is 0.253 e. The zero-order chi connectivity index (χ0) is 17.3. The molecule has 2 aromatic heterocycles. The Labute approximate surface area is 138 Å². The van der Waals surface area contributed by atoms with Crippen LogP contribution in [-0.2, 0) is 12.8 Å². The van der Waals surface area contributed by atoms with Crippen LogP contribution >= 0.6 is 0 Å². The van der Waals surface area contributed by atoms with E-state index in [0.717, 1.165) is 24.2 Å². The molecule has 0 unspecified atom stereocenters. The van der Waals surface area contributed by atoms with Crippen LogP contribution in [0.1, 0.15) is 56.5 Å². The summed E-state index contributed by atoms with van der Waals surface area (Å²) in [5.74, 6) is 0.310. The molecule has 0 atom stereocenters. The van der Waals surface area contributed by atoms with Crippen molar-refractivity contribution in [1.82, 2.24) is 20.3 Å². The lowest BCUT2D eigenvalue weighted by molar-refractivity contribution is 0.0928. The minimum absolute atomic E-state index is 0.0256. The number of hydrogen-bond donors (Lipinski definition) is 3. The maximum atomic E-state index is 12.5. The van der Waals surface area contributed by atoms with Crippen LogP contribution in [0.3, 0.4) is 0 Å². The lowest BCUT2D eigenvalue weighted by Gasteiger charge is -2.12. The molecule has 1 aliphatic rings. The zero-order valence-electron chi connectivity index (χ0n) is 13.8. The Morgan fingerprint density at radius 2 is 2.04 bits per heavy atom. The lowest BCUT2D eigenvalue weighted by Crippen LogP contribution is -2.28. The standard InChI is InChI=1S/C17H20N4O3/c1-9-15(16-12(19-9)4-3-5-13(16)22)17(24)18-7-6-11-8-14(23)21-10(2)20-11/h8,19H,3-7H2,1-2H3,(H,18,24)(H,20,21,23). The molecule has 0 bridgehead atoms. The van der Waals surface area contributed by atoms with Gasteiger partial charge in [0, 0.05) is 42.5 Å². The Morgan fingerprint density at radius 3 is 2.79 bits per heavy atom.